The van der Waals surface area contributed by atoms with Crippen molar-refractivity contribution in [2.75, 3.05) is 31.6 Å². The van der Waals surface area contributed by atoms with E-state index in [0.717, 1.165) is 33.3 Å². The highest BCUT2D eigenvalue weighted by Gasteiger charge is 2.46. The van der Waals surface area contributed by atoms with Gasteiger partial charge in [0.15, 0.2) is 5.01 Å². The van der Waals surface area contributed by atoms with Crippen molar-refractivity contribution in [2.45, 2.75) is 31.4 Å². The number of nitrogens with zero attached hydrogens (tertiary/aromatic N) is 3. The number of carbonyl (C=O) groups excluding carboxylic acids is 1. The average molecular weight is 507 g/mol. The zero-order valence-corrected chi connectivity index (χ0v) is 18.8. The van der Waals surface area contributed by atoms with E-state index in [1.807, 2.05) is 0 Å². The molecule has 0 aliphatic carbocycles. The van der Waals surface area contributed by atoms with Crippen molar-refractivity contribution in [3.05, 3.63) is 34.3 Å². The average Bonchev–Trinajstić information content (AvgIpc) is 3.32. The number of anilines is 1. The van der Waals surface area contributed by atoms with Gasteiger partial charge in [-0.1, -0.05) is 0 Å². The molecule has 184 valence electrons. The molecule has 0 bridgehead atoms. The van der Waals surface area contributed by atoms with E-state index >= 15 is 0 Å². The predicted octanol–water partition coefficient (Wildman–Crippen LogP) is 4.71. The van der Waals surface area contributed by atoms with Crippen molar-refractivity contribution in [3.63, 3.8) is 0 Å². The molecule has 0 radical (unpaired) electrons. The summed E-state index contributed by atoms with van der Waals surface area (Å²) in [6.45, 7) is 0.196. The van der Waals surface area contributed by atoms with E-state index in [0.29, 0.717) is 0 Å². The van der Waals surface area contributed by atoms with E-state index in [-0.39, 0.29) is 41.6 Å². The highest BCUT2D eigenvalue weighted by atomic mass is 32.1. The molecule has 1 unspecified atom stereocenters. The van der Waals surface area contributed by atoms with Crippen molar-refractivity contribution in [2.24, 2.45) is 0 Å². The smallest absolute Gasteiger partial charge is 0.497 e. The van der Waals surface area contributed by atoms with Gasteiger partial charge in [-0.2, -0.15) is 13.2 Å². The van der Waals surface area contributed by atoms with Gasteiger partial charge in [-0.15, -0.1) is 30.9 Å². The highest BCUT2D eigenvalue weighted by molar-refractivity contribution is 7.10. The molecule has 0 saturated carbocycles. The van der Waals surface area contributed by atoms with Crippen LogP contribution in [-0.2, 0) is 0 Å². The number of likely N-dealkylation sites (tertiary alicyclic amines) is 1. The number of hydrogen-bond acceptors (Lipinski definition) is 6. The Morgan fingerprint density at radius 3 is 2.50 bits per heavy atom. The molecule has 2 heterocycles. The fourth-order valence-electron chi connectivity index (χ4n) is 3.83. The Labute approximate surface area is 195 Å². The summed E-state index contributed by atoms with van der Waals surface area (Å²) in [7, 11) is 1.21. The number of methoxy groups -OCH3 is 1. The lowest BCUT2D eigenvalue weighted by Crippen LogP contribution is -2.52. The molecular weight excluding hydrogens is 488 g/mol. The standard InChI is InChI=1S/C21H19F6N3O3S/c1-4-17-28-16(10-34-17)18(31)30(19(2)5-6-29(11-19)12-20(22,23)24)13-7-14(32-3)9-15(8-13)33-21(25,26)27/h1,7-10H,5-6,11-12H2,2-3H3. The molecule has 1 atom stereocenters. The van der Waals surface area contributed by atoms with Gasteiger partial charge >= 0.3 is 12.5 Å². The van der Waals surface area contributed by atoms with Crippen LogP contribution < -0.4 is 14.4 Å². The molecule has 3 rings (SSSR count). The van der Waals surface area contributed by atoms with Crippen LogP contribution in [0.5, 0.6) is 11.5 Å². The molecule has 1 aliphatic heterocycles. The first-order chi connectivity index (χ1) is 15.7. The summed E-state index contributed by atoms with van der Waals surface area (Å²) >= 11 is 1.01. The fourth-order valence-corrected chi connectivity index (χ4v) is 4.43. The number of alkyl halides is 6. The summed E-state index contributed by atoms with van der Waals surface area (Å²) in [6, 6.07) is 3.25. The Bertz CT molecular complexity index is 1090. The van der Waals surface area contributed by atoms with Gasteiger partial charge in [0.25, 0.3) is 5.91 Å². The van der Waals surface area contributed by atoms with Crippen molar-refractivity contribution in [1.29, 1.82) is 0 Å². The van der Waals surface area contributed by atoms with Crippen LogP contribution >= 0.6 is 11.3 Å². The molecule has 1 aromatic heterocycles. The van der Waals surface area contributed by atoms with Crippen LogP contribution in [0.15, 0.2) is 23.6 Å². The summed E-state index contributed by atoms with van der Waals surface area (Å²) < 4.78 is 86.6. The number of hydrogen-bond donors (Lipinski definition) is 0. The second-order valence-electron chi connectivity index (χ2n) is 7.81. The number of thiazole rings is 1. The first kappa shape index (κ1) is 25.6. The number of halogens is 6. The molecule has 34 heavy (non-hydrogen) atoms. The monoisotopic (exact) mass is 507 g/mol. The van der Waals surface area contributed by atoms with Crippen LogP contribution in [0.4, 0.5) is 32.0 Å². The molecule has 2 aromatic rings. The van der Waals surface area contributed by atoms with Crippen molar-refractivity contribution in [3.8, 4) is 23.8 Å². The summed E-state index contributed by atoms with van der Waals surface area (Å²) in [5, 5.41) is 1.58. The first-order valence-electron chi connectivity index (χ1n) is 9.74. The van der Waals surface area contributed by atoms with Gasteiger partial charge in [-0.3, -0.25) is 14.6 Å². The Kier molecular flexibility index (Phi) is 7.05. The Morgan fingerprint density at radius 2 is 1.94 bits per heavy atom. The second-order valence-corrected chi connectivity index (χ2v) is 8.67. The van der Waals surface area contributed by atoms with Crippen LogP contribution in [0.1, 0.15) is 28.8 Å². The van der Waals surface area contributed by atoms with Gasteiger partial charge in [0.2, 0.25) is 0 Å². The number of aromatic nitrogens is 1. The normalized spacial score (nSPS) is 19.0. The lowest BCUT2D eigenvalue weighted by Gasteiger charge is -2.38. The van der Waals surface area contributed by atoms with Crippen molar-refractivity contribution < 1.29 is 40.6 Å². The SMILES string of the molecule is C#Cc1nc(C(=O)N(c2cc(OC)cc(OC(F)(F)F)c2)C2(C)CCN(CC(F)(F)F)C2)cs1. The van der Waals surface area contributed by atoms with Gasteiger partial charge in [0.1, 0.15) is 17.2 Å². The summed E-state index contributed by atoms with van der Waals surface area (Å²) in [4.78, 5) is 19.8. The molecule has 1 aromatic carbocycles. The molecular formula is C21H19F6N3O3S. The van der Waals surface area contributed by atoms with Crippen LogP contribution in [0.2, 0.25) is 0 Å². The first-order valence-corrected chi connectivity index (χ1v) is 10.6. The molecule has 1 saturated heterocycles. The zero-order chi connectivity index (χ0) is 25.3. The molecule has 1 aliphatic rings. The fraction of sp³-hybridized carbons (Fsp3) is 0.429. The van der Waals surface area contributed by atoms with Crippen LogP contribution in [0.25, 0.3) is 0 Å². The number of amides is 1. The lowest BCUT2D eigenvalue weighted by molar-refractivity contribution is -0.274. The number of carbonyl (C=O) groups is 1. The van der Waals surface area contributed by atoms with Crippen LogP contribution in [0.3, 0.4) is 0 Å². The predicted molar refractivity (Wildman–Crippen MR) is 112 cm³/mol. The third-order valence-electron chi connectivity index (χ3n) is 5.12. The molecule has 0 N–H and O–H groups in total. The Hall–Kier alpha value is -2.98. The maximum Gasteiger partial charge on any atom is 0.573 e. The van der Waals surface area contributed by atoms with Gasteiger partial charge in [-0.05, 0) is 19.3 Å². The molecule has 6 nitrogen and oxygen atoms in total. The Morgan fingerprint density at radius 1 is 1.26 bits per heavy atom. The van der Waals surface area contributed by atoms with Gasteiger partial charge in [-0.25, -0.2) is 4.98 Å². The summed E-state index contributed by atoms with van der Waals surface area (Å²) in [5.74, 6) is 0.842. The van der Waals surface area contributed by atoms with Crippen LogP contribution in [-0.4, -0.2) is 60.6 Å². The van der Waals surface area contributed by atoms with E-state index in [9.17, 15) is 31.1 Å². The van der Waals surface area contributed by atoms with Gasteiger partial charge < -0.3 is 9.47 Å². The molecule has 1 amide bonds. The largest absolute Gasteiger partial charge is 0.573 e. The number of benzene rings is 1. The quantitative estimate of drug-likeness (QED) is 0.419. The number of ether oxygens (including phenoxy) is 2. The topological polar surface area (TPSA) is 54.9 Å². The van der Waals surface area contributed by atoms with E-state index in [4.69, 9.17) is 11.2 Å². The van der Waals surface area contributed by atoms with E-state index in [1.165, 1.54) is 18.6 Å². The van der Waals surface area contributed by atoms with E-state index < -0.39 is 36.3 Å². The van der Waals surface area contributed by atoms with Gasteiger partial charge in [0.05, 0.1) is 24.9 Å². The third kappa shape index (κ3) is 6.12. The van der Waals surface area contributed by atoms with Crippen molar-refractivity contribution >= 4 is 22.9 Å². The molecule has 13 heteroatoms. The highest BCUT2D eigenvalue weighted by Crippen LogP contribution is 2.39. The molecule has 1 fully saturated rings. The minimum atomic E-state index is -5.02. The number of rotatable bonds is 6. The molecule has 0 spiro atoms. The van der Waals surface area contributed by atoms with Crippen LogP contribution in [0, 0.1) is 12.3 Å². The van der Waals surface area contributed by atoms with Gasteiger partial charge in [0, 0.05) is 36.7 Å². The minimum Gasteiger partial charge on any atom is -0.497 e. The summed E-state index contributed by atoms with van der Waals surface area (Å²) in [6.07, 6.45) is -4.04. The summed E-state index contributed by atoms with van der Waals surface area (Å²) in [5.41, 5.74) is -1.37. The minimum absolute atomic E-state index is 0.0162. The zero-order valence-electron chi connectivity index (χ0n) is 18.0. The second kappa shape index (κ2) is 9.34. The van der Waals surface area contributed by atoms with E-state index in [1.54, 1.807) is 6.92 Å². The third-order valence-corrected chi connectivity index (χ3v) is 5.89. The maximum atomic E-state index is 13.5. The lowest BCUT2D eigenvalue weighted by atomic mass is 9.97. The van der Waals surface area contributed by atoms with E-state index in [2.05, 4.69) is 15.6 Å². The Balaban J connectivity index is 2.08. The maximum absolute atomic E-state index is 13.5. The number of terminal acetylenes is 1. The van der Waals surface area contributed by atoms with Crippen molar-refractivity contribution in [1.82, 2.24) is 9.88 Å².